The van der Waals surface area contributed by atoms with Gasteiger partial charge in [0.05, 0.1) is 5.56 Å². The van der Waals surface area contributed by atoms with Crippen molar-refractivity contribution in [3.8, 4) is 0 Å². The molecule has 1 fully saturated rings. The molecule has 0 unspecified atom stereocenters. The number of alkyl halides is 3. The van der Waals surface area contributed by atoms with Crippen LogP contribution in [0.4, 0.5) is 24.7 Å². The zero-order valence-electron chi connectivity index (χ0n) is 15.9. The number of amides is 1. The minimum absolute atomic E-state index is 0.0362. The molecule has 0 aliphatic carbocycles. The highest BCUT2D eigenvalue weighted by Gasteiger charge is 2.31. The summed E-state index contributed by atoms with van der Waals surface area (Å²) in [7, 11) is 3.84. The zero-order chi connectivity index (χ0) is 20.3. The summed E-state index contributed by atoms with van der Waals surface area (Å²) in [6.45, 7) is 2.26. The highest BCUT2D eigenvalue weighted by molar-refractivity contribution is 5.95. The predicted octanol–water partition coefficient (Wildman–Crippen LogP) is 3.52. The number of carbonyl (C=O) groups excluding carboxylic acids is 1. The number of halogens is 3. The van der Waals surface area contributed by atoms with E-state index in [1.807, 2.05) is 42.1 Å². The number of carbonyl (C=O) groups is 1. The number of hydrogen-bond acceptors (Lipinski definition) is 4. The van der Waals surface area contributed by atoms with Crippen LogP contribution in [-0.4, -0.2) is 56.1 Å². The molecule has 0 spiro atoms. The second-order valence-corrected chi connectivity index (χ2v) is 6.98. The van der Waals surface area contributed by atoms with E-state index >= 15 is 0 Å². The van der Waals surface area contributed by atoms with E-state index in [4.69, 9.17) is 0 Å². The lowest BCUT2D eigenvalue weighted by Gasteiger charge is -2.23. The lowest BCUT2D eigenvalue weighted by Crippen LogP contribution is -2.35. The van der Waals surface area contributed by atoms with Gasteiger partial charge in [-0.1, -0.05) is 6.07 Å². The third-order valence-corrected chi connectivity index (χ3v) is 4.79. The maximum absolute atomic E-state index is 12.9. The lowest BCUT2D eigenvalue weighted by atomic mass is 10.1. The topological polar surface area (TPSA) is 39.7 Å². The molecule has 3 rings (SSSR count). The molecule has 0 radical (unpaired) electrons. The Bertz CT molecular complexity index is 821. The predicted molar refractivity (Wildman–Crippen MR) is 103 cm³/mol. The molecule has 0 saturated carbocycles. The first-order chi connectivity index (χ1) is 13.3. The van der Waals surface area contributed by atoms with E-state index in [-0.39, 0.29) is 5.91 Å². The fraction of sp³-hybridized carbons (Fsp3) is 0.400. The second-order valence-electron chi connectivity index (χ2n) is 6.98. The van der Waals surface area contributed by atoms with Crippen LogP contribution in [0.2, 0.25) is 0 Å². The summed E-state index contributed by atoms with van der Waals surface area (Å²) in [6.07, 6.45) is -2.81. The Hall–Kier alpha value is -2.77. The number of hydrogen-bond donors (Lipinski definition) is 0. The summed E-state index contributed by atoms with van der Waals surface area (Å²) in [4.78, 5) is 22.5. The number of pyridine rings is 1. The molecule has 2 heterocycles. The fourth-order valence-electron chi connectivity index (χ4n) is 3.19. The van der Waals surface area contributed by atoms with Crippen LogP contribution in [0.15, 0.2) is 42.6 Å². The molecule has 0 N–H and O–H groups in total. The van der Waals surface area contributed by atoms with Crippen LogP contribution in [0.1, 0.15) is 22.3 Å². The highest BCUT2D eigenvalue weighted by Crippen LogP contribution is 2.29. The Labute approximate surface area is 162 Å². The number of anilines is 2. The summed E-state index contributed by atoms with van der Waals surface area (Å²) in [6, 6.07) is 9.90. The largest absolute Gasteiger partial charge is 0.417 e. The van der Waals surface area contributed by atoms with Crippen LogP contribution in [0.25, 0.3) is 0 Å². The van der Waals surface area contributed by atoms with Gasteiger partial charge in [0.2, 0.25) is 0 Å². The SMILES string of the molecule is CN(C)c1cccc(C(=O)N2CCCN(c3ccc(C(F)(F)F)cn3)CC2)c1. The van der Waals surface area contributed by atoms with Crippen molar-refractivity contribution in [3.05, 3.63) is 53.7 Å². The minimum atomic E-state index is -4.39. The summed E-state index contributed by atoms with van der Waals surface area (Å²) in [5.74, 6) is 0.461. The zero-order valence-corrected chi connectivity index (χ0v) is 15.9. The van der Waals surface area contributed by atoms with Crippen LogP contribution in [0, 0.1) is 0 Å². The molecule has 2 aromatic rings. The van der Waals surface area contributed by atoms with Crippen LogP contribution < -0.4 is 9.80 Å². The Morgan fingerprint density at radius 1 is 1.07 bits per heavy atom. The van der Waals surface area contributed by atoms with Gasteiger partial charge in [-0.05, 0) is 36.8 Å². The van der Waals surface area contributed by atoms with Crippen molar-refractivity contribution in [3.63, 3.8) is 0 Å². The molecule has 28 heavy (non-hydrogen) atoms. The van der Waals surface area contributed by atoms with Crippen LogP contribution in [-0.2, 0) is 6.18 Å². The van der Waals surface area contributed by atoms with Crippen molar-refractivity contribution in [2.45, 2.75) is 12.6 Å². The number of rotatable bonds is 3. The maximum Gasteiger partial charge on any atom is 0.417 e. The highest BCUT2D eigenvalue weighted by atomic mass is 19.4. The summed E-state index contributed by atoms with van der Waals surface area (Å²) in [5.41, 5.74) is 0.826. The molecule has 150 valence electrons. The van der Waals surface area contributed by atoms with E-state index in [1.165, 1.54) is 6.07 Å². The van der Waals surface area contributed by atoms with Gasteiger partial charge in [0.1, 0.15) is 5.82 Å². The summed E-state index contributed by atoms with van der Waals surface area (Å²) >= 11 is 0. The lowest BCUT2D eigenvalue weighted by molar-refractivity contribution is -0.137. The molecular weight excluding hydrogens is 369 g/mol. The molecule has 1 aliphatic heterocycles. The summed E-state index contributed by atoms with van der Waals surface area (Å²) in [5, 5.41) is 0. The maximum atomic E-state index is 12.9. The van der Waals surface area contributed by atoms with E-state index < -0.39 is 11.7 Å². The first-order valence-corrected chi connectivity index (χ1v) is 9.10. The number of nitrogens with zero attached hydrogens (tertiary/aromatic N) is 4. The van der Waals surface area contributed by atoms with Gasteiger partial charge in [-0.25, -0.2) is 4.98 Å². The van der Waals surface area contributed by atoms with Gasteiger partial charge in [-0.2, -0.15) is 13.2 Å². The molecule has 1 aromatic carbocycles. The van der Waals surface area contributed by atoms with E-state index in [2.05, 4.69) is 4.98 Å². The van der Waals surface area contributed by atoms with Gasteiger partial charge in [0.15, 0.2) is 0 Å². The van der Waals surface area contributed by atoms with E-state index in [0.717, 1.165) is 24.4 Å². The smallest absolute Gasteiger partial charge is 0.378 e. The van der Waals surface area contributed by atoms with Gasteiger partial charge in [0, 0.05) is 57.7 Å². The third kappa shape index (κ3) is 4.55. The van der Waals surface area contributed by atoms with Crippen LogP contribution >= 0.6 is 0 Å². The van der Waals surface area contributed by atoms with E-state index in [1.54, 1.807) is 11.0 Å². The van der Waals surface area contributed by atoms with E-state index in [9.17, 15) is 18.0 Å². The van der Waals surface area contributed by atoms with Gasteiger partial charge in [0.25, 0.3) is 5.91 Å². The van der Waals surface area contributed by atoms with Gasteiger partial charge in [-0.15, -0.1) is 0 Å². The van der Waals surface area contributed by atoms with Crippen molar-refractivity contribution in [1.29, 1.82) is 0 Å². The summed E-state index contributed by atoms with van der Waals surface area (Å²) < 4.78 is 38.1. The molecule has 5 nitrogen and oxygen atoms in total. The van der Waals surface area contributed by atoms with Gasteiger partial charge >= 0.3 is 6.18 Å². The average molecular weight is 392 g/mol. The van der Waals surface area contributed by atoms with E-state index in [0.29, 0.717) is 37.6 Å². The molecule has 0 atom stereocenters. The monoisotopic (exact) mass is 392 g/mol. The normalized spacial score (nSPS) is 15.3. The van der Waals surface area contributed by atoms with Crippen molar-refractivity contribution < 1.29 is 18.0 Å². The average Bonchev–Trinajstić information content (AvgIpc) is 2.93. The molecule has 1 saturated heterocycles. The Morgan fingerprint density at radius 2 is 1.86 bits per heavy atom. The van der Waals surface area contributed by atoms with Crippen molar-refractivity contribution in [1.82, 2.24) is 9.88 Å². The molecular formula is C20H23F3N4O. The first-order valence-electron chi connectivity index (χ1n) is 9.10. The second kappa shape index (κ2) is 8.08. The van der Waals surface area contributed by atoms with Crippen molar-refractivity contribution in [2.75, 3.05) is 50.1 Å². The Morgan fingerprint density at radius 3 is 2.50 bits per heavy atom. The number of benzene rings is 1. The van der Waals surface area contributed by atoms with Crippen LogP contribution in [0.5, 0.6) is 0 Å². The standard InChI is InChI=1S/C20H23F3N4O/c1-25(2)17-6-3-5-15(13-17)19(28)27-10-4-9-26(11-12-27)18-8-7-16(14-24-18)20(21,22)23/h3,5-8,13-14H,4,9-12H2,1-2H3. The Balaban J connectivity index is 1.68. The Kier molecular flexibility index (Phi) is 5.76. The molecule has 1 aromatic heterocycles. The molecule has 8 heteroatoms. The third-order valence-electron chi connectivity index (χ3n) is 4.79. The van der Waals surface area contributed by atoms with Crippen LogP contribution in [0.3, 0.4) is 0 Å². The molecule has 1 amide bonds. The molecule has 1 aliphatic rings. The first kappa shape index (κ1) is 20.0. The van der Waals surface area contributed by atoms with Crippen molar-refractivity contribution >= 4 is 17.4 Å². The quantitative estimate of drug-likeness (QED) is 0.801. The minimum Gasteiger partial charge on any atom is -0.378 e. The molecule has 0 bridgehead atoms. The van der Waals surface area contributed by atoms with Crippen molar-refractivity contribution in [2.24, 2.45) is 0 Å². The van der Waals surface area contributed by atoms with Gasteiger partial charge in [-0.3, -0.25) is 4.79 Å². The number of aromatic nitrogens is 1. The van der Waals surface area contributed by atoms with Gasteiger partial charge < -0.3 is 14.7 Å². The fourth-order valence-corrected chi connectivity index (χ4v) is 3.19.